The smallest absolute Gasteiger partial charge is 0.444 e. The van der Waals surface area contributed by atoms with Crippen molar-refractivity contribution in [3.63, 3.8) is 0 Å². The van der Waals surface area contributed by atoms with E-state index in [1.165, 1.54) is 0 Å². The minimum Gasteiger partial charge on any atom is -0.444 e. The Balaban J connectivity index is 1.51. The molecule has 7 nitrogen and oxygen atoms in total. The van der Waals surface area contributed by atoms with E-state index in [-0.39, 0.29) is 18.0 Å². The number of ether oxygens (including phenoxy) is 1. The fourth-order valence-corrected chi connectivity index (χ4v) is 3.57. The zero-order chi connectivity index (χ0) is 23.0. The Hall–Kier alpha value is -2.06. The van der Waals surface area contributed by atoms with Crippen LogP contribution in [0, 0.1) is 0 Å². The average Bonchev–Trinajstić information content (AvgIpc) is 2.88. The molecule has 2 heterocycles. The predicted octanol–water partition coefficient (Wildman–Crippen LogP) is 3.12. The maximum Gasteiger partial charge on any atom is 0.494 e. The number of likely N-dealkylation sites (tertiary alicyclic amines) is 1. The van der Waals surface area contributed by atoms with Crippen LogP contribution in [0.2, 0.25) is 0 Å². The molecule has 3 rings (SSSR count). The van der Waals surface area contributed by atoms with Crippen LogP contribution in [0.4, 0.5) is 4.79 Å². The third kappa shape index (κ3) is 5.60. The number of hydrogen-bond acceptors (Lipinski definition) is 5. The quantitative estimate of drug-likeness (QED) is 0.746. The SMILES string of the molecule is CC(C)(C)OC(=O)N1CCC(NC(=O)c2ccc(B3OC(C)(C)C(C)(C)O3)cc2)CC1. The van der Waals surface area contributed by atoms with Crippen molar-refractivity contribution in [2.45, 2.75) is 84.2 Å². The van der Waals surface area contributed by atoms with Gasteiger partial charge in [-0.25, -0.2) is 4.79 Å². The molecule has 0 spiro atoms. The van der Waals surface area contributed by atoms with Crippen LogP contribution in [-0.2, 0) is 14.0 Å². The third-order valence-electron chi connectivity index (χ3n) is 6.18. The molecule has 8 heteroatoms. The van der Waals surface area contributed by atoms with Crippen molar-refractivity contribution in [2.24, 2.45) is 0 Å². The molecule has 1 aromatic carbocycles. The normalized spacial score (nSPS) is 21.1. The number of piperidine rings is 1. The molecule has 0 saturated carbocycles. The molecule has 0 radical (unpaired) electrons. The summed E-state index contributed by atoms with van der Waals surface area (Å²) in [4.78, 5) is 26.6. The van der Waals surface area contributed by atoms with Crippen molar-refractivity contribution < 1.29 is 23.6 Å². The second kappa shape index (κ2) is 8.47. The fourth-order valence-electron chi connectivity index (χ4n) is 3.57. The summed E-state index contributed by atoms with van der Waals surface area (Å²) in [7, 11) is -0.445. The van der Waals surface area contributed by atoms with Crippen LogP contribution in [0.3, 0.4) is 0 Å². The Kier molecular flexibility index (Phi) is 6.45. The van der Waals surface area contributed by atoms with Crippen LogP contribution in [0.15, 0.2) is 24.3 Å². The minimum absolute atomic E-state index is 0.0361. The second-order valence-electron chi connectivity index (χ2n) is 10.4. The molecular formula is C23H35BN2O5. The highest BCUT2D eigenvalue weighted by atomic mass is 16.7. The molecule has 1 N–H and O–H groups in total. The molecule has 0 bridgehead atoms. The Morgan fingerprint density at radius 2 is 1.55 bits per heavy atom. The van der Waals surface area contributed by atoms with E-state index in [0.29, 0.717) is 31.5 Å². The van der Waals surface area contributed by atoms with Gasteiger partial charge in [0, 0.05) is 24.7 Å². The standard InChI is InChI=1S/C23H35BN2O5/c1-21(2,3)29-20(28)26-14-12-18(13-15-26)25-19(27)16-8-10-17(11-9-16)24-30-22(4,5)23(6,7)31-24/h8-11,18H,12-15H2,1-7H3,(H,25,27). The Morgan fingerprint density at radius 3 is 2.03 bits per heavy atom. The van der Waals surface area contributed by atoms with E-state index in [2.05, 4.69) is 5.32 Å². The van der Waals surface area contributed by atoms with Crippen LogP contribution in [0.25, 0.3) is 0 Å². The molecule has 0 unspecified atom stereocenters. The topological polar surface area (TPSA) is 77.1 Å². The van der Waals surface area contributed by atoms with Crippen LogP contribution in [-0.4, -0.2) is 60.0 Å². The lowest BCUT2D eigenvalue weighted by atomic mass is 9.79. The summed E-state index contributed by atoms with van der Waals surface area (Å²) >= 11 is 0. The summed E-state index contributed by atoms with van der Waals surface area (Å²) in [5.74, 6) is -0.115. The van der Waals surface area contributed by atoms with Crippen LogP contribution < -0.4 is 10.8 Å². The minimum atomic E-state index is -0.506. The van der Waals surface area contributed by atoms with Gasteiger partial charge in [0.1, 0.15) is 5.60 Å². The number of carbonyl (C=O) groups is 2. The van der Waals surface area contributed by atoms with Gasteiger partial charge in [-0.05, 0) is 78.9 Å². The first-order chi connectivity index (χ1) is 14.3. The molecule has 2 saturated heterocycles. The molecule has 170 valence electrons. The molecule has 2 aliphatic heterocycles. The lowest BCUT2D eigenvalue weighted by Gasteiger charge is -2.33. The summed E-state index contributed by atoms with van der Waals surface area (Å²) in [6.07, 6.45) is 1.11. The molecule has 31 heavy (non-hydrogen) atoms. The summed E-state index contributed by atoms with van der Waals surface area (Å²) in [6.45, 7) is 14.8. The Bertz CT molecular complexity index is 792. The fraction of sp³-hybridized carbons (Fsp3) is 0.652. The van der Waals surface area contributed by atoms with Crippen molar-refractivity contribution >= 4 is 24.6 Å². The number of hydrogen-bond donors (Lipinski definition) is 1. The number of benzene rings is 1. The van der Waals surface area contributed by atoms with Gasteiger partial charge in [0.05, 0.1) is 11.2 Å². The van der Waals surface area contributed by atoms with Crippen molar-refractivity contribution in [3.05, 3.63) is 29.8 Å². The third-order valence-corrected chi connectivity index (χ3v) is 6.18. The largest absolute Gasteiger partial charge is 0.494 e. The Morgan fingerprint density at radius 1 is 1.03 bits per heavy atom. The van der Waals surface area contributed by atoms with Crippen molar-refractivity contribution in [1.82, 2.24) is 10.2 Å². The van der Waals surface area contributed by atoms with Crippen LogP contribution >= 0.6 is 0 Å². The van der Waals surface area contributed by atoms with Gasteiger partial charge < -0.3 is 24.3 Å². The van der Waals surface area contributed by atoms with Gasteiger partial charge in [-0.3, -0.25) is 4.79 Å². The molecule has 2 aliphatic rings. The number of nitrogens with zero attached hydrogens (tertiary/aromatic N) is 1. The summed E-state index contributed by atoms with van der Waals surface area (Å²) in [5, 5.41) is 3.08. The van der Waals surface area contributed by atoms with E-state index in [9.17, 15) is 9.59 Å². The molecular weight excluding hydrogens is 395 g/mol. The van der Waals surface area contributed by atoms with Crippen molar-refractivity contribution in [1.29, 1.82) is 0 Å². The lowest BCUT2D eigenvalue weighted by Crippen LogP contribution is -2.47. The van der Waals surface area contributed by atoms with E-state index in [1.54, 1.807) is 17.0 Å². The van der Waals surface area contributed by atoms with Crippen molar-refractivity contribution in [3.8, 4) is 0 Å². The van der Waals surface area contributed by atoms with Gasteiger partial charge in [0.2, 0.25) is 0 Å². The summed E-state index contributed by atoms with van der Waals surface area (Å²) < 4.78 is 17.6. The molecule has 2 fully saturated rings. The molecule has 0 aromatic heterocycles. The van der Waals surface area contributed by atoms with Gasteiger partial charge in [0.15, 0.2) is 0 Å². The van der Waals surface area contributed by atoms with Crippen LogP contribution in [0.5, 0.6) is 0 Å². The highest BCUT2D eigenvalue weighted by molar-refractivity contribution is 6.62. The first-order valence-corrected chi connectivity index (χ1v) is 11.0. The van der Waals surface area contributed by atoms with E-state index in [0.717, 1.165) is 5.46 Å². The summed E-state index contributed by atoms with van der Waals surface area (Å²) in [6, 6.07) is 7.38. The molecule has 1 aromatic rings. The number of carbonyl (C=O) groups excluding carboxylic acids is 2. The predicted molar refractivity (Wildman–Crippen MR) is 120 cm³/mol. The highest BCUT2D eigenvalue weighted by Gasteiger charge is 2.51. The number of nitrogens with one attached hydrogen (secondary N) is 1. The monoisotopic (exact) mass is 430 g/mol. The van der Waals surface area contributed by atoms with Gasteiger partial charge in [-0.2, -0.15) is 0 Å². The van der Waals surface area contributed by atoms with Gasteiger partial charge in [-0.15, -0.1) is 0 Å². The maximum atomic E-state index is 12.7. The number of rotatable bonds is 3. The van der Waals surface area contributed by atoms with Crippen LogP contribution in [0.1, 0.15) is 71.7 Å². The average molecular weight is 430 g/mol. The van der Waals surface area contributed by atoms with Gasteiger partial charge in [-0.1, -0.05) is 12.1 Å². The first kappa shape index (κ1) is 23.6. The van der Waals surface area contributed by atoms with Crippen molar-refractivity contribution in [2.75, 3.05) is 13.1 Å². The van der Waals surface area contributed by atoms with E-state index >= 15 is 0 Å². The molecule has 0 aliphatic carbocycles. The second-order valence-corrected chi connectivity index (χ2v) is 10.4. The molecule has 2 amide bonds. The van der Waals surface area contributed by atoms with Gasteiger partial charge in [0.25, 0.3) is 5.91 Å². The lowest BCUT2D eigenvalue weighted by molar-refractivity contribution is 0.00578. The summed E-state index contributed by atoms with van der Waals surface area (Å²) in [5.41, 5.74) is 0.175. The van der Waals surface area contributed by atoms with E-state index in [1.807, 2.05) is 60.6 Å². The van der Waals surface area contributed by atoms with E-state index < -0.39 is 23.9 Å². The van der Waals surface area contributed by atoms with E-state index in [4.69, 9.17) is 14.0 Å². The zero-order valence-corrected chi connectivity index (χ0v) is 19.8. The highest BCUT2D eigenvalue weighted by Crippen LogP contribution is 2.36. The Labute approximate surface area is 185 Å². The maximum absolute atomic E-state index is 12.7. The molecule has 0 atom stereocenters. The number of amides is 2. The zero-order valence-electron chi connectivity index (χ0n) is 19.8. The first-order valence-electron chi connectivity index (χ1n) is 11.0. The van der Waals surface area contributed by atoms with Gasteiger partial charge >= 0.3 is 13.2 Å².